The summed E-state index contributed by atoms with van der Waals surface area (Å²) in [6.07, 6.45) is -0.550. The molecule has 1 heterocycles. The molecule has 0 amide bonds. The van der Waals surface area contributed by atoms with Crippen molar-refractivity contribution in [2.24, 2.45) is 0 Å². The minimum Gasteiger partial charge on any atom is -0.307 e. The molecule has 1 saturated heterocycles. The smallest absolute Gasteiger partial charge is 0.307 e. The molecule has 1 aliphatic heterocycles. The van der Waals surface area contributed by atoms with Gasteiger partial charge in [-0.25, -0.2) is 0 Å². The summed E-state index contributed by atoms with van der Waals surface area (Å²) in [6.45, 7) is 4.67. The number of likely N-dealkylation sites (tertiary alicyclic amines) is 1. The van der Waals surface area contributed by atoms with Gasteiger partial charge in [-0.2, -0.15) is 13.2 Å². The van der Waals surface area contributed by atoms with Crippen LogP contribution in [0.5, 0.6) is 0 Å². The average Bonchev–Trinajstić information content (AvgIpc) is 2.16. The van der Waals surface area contributed by atoms with Gasteiger partial charge in [0.15, 0.2) is 0 Å². The monoisotopic (exact) mass is 238 g/mol. The van der Waals surface area contributed by atoms with Gasteiger partial charge in [-0.1, -0.05) is 6.42 Å². The first kappa shape index (κ1) is 13.8. The first-order chi connectivity index (χ1) is 7.40. The molecule has 96 valence electrons. The van der Waals surface area contributed by atoms with Crippen LogP contribution in [0, 0.1) is 0 Å². The van der Waals surface area contributed by atoms with E-state index in [1.54, 1.807) is 0 Å². The Morgan fingerprint density at radius 1 is 1.38 bits per heavy atom. The summed E-state index contributed by atoms with van der Waals surface area (Å²) in [4.78, 5) is 2.30. The van der Waals surface area contributed by atoms with Gasteiger partial charge < -0.3 is 5.32 Å². The zero-order chi connectivity index (χ0) is 12.2. The second-order valence-electron chi connectivity index (χ2n) is 4.68. The van der Waals surface area contributed by atoms with E-state index in [0.29, 0.717) is 12.6 Å². The SMILES string of the molecule is CC1CCCCN1C(C)CNCC(F)(F)F. The number of nitrogens with zero attached hydrogens (tertiary/aromatic N) is 1. The standard InChI is InChI=1S/C11H21F3N2/c1-9-5-3-4-6-16(9)10(2)7-15-8-11(12,13)14/h9-10,15H,3-8H2,1-2H3. The van der Waals surface area contributed by atoms with Crippen molar-refractivity contribution in [3.05, 3.63) is 0 Å². The number of alkyl halides is 3. The molecule has 0 radical (unpaired) electrons. The van der Waals surface area contributed by atoms with Gasteiger partial charge in [-0.3, -0.25) is 4.90 Å². The molecular formula is C11H21F3N2. The van der Waals surface area contributed by atoms with E-state index < -0.39 is 12.7 Å². The number of rotatable bonds is 4. The molecule has 0 aromatic heterocycles. The van der Waals surface area contributed by atoms with E-state index in [-0.39, 0.29) is 6.04 Å². The molecule has 1 fully saturated rings. The van der Waals surface area contributed by atoms with E-state index in [9.17, 15) is 13.2 Å². The molecule has 2 atom stereocenters. The normalized spacial score (nSPS) is 25.7. The number of hydrogen-bond acceptors (Lipinski definition) is 2. The van der Waals surface area contributed by atoms with E-state index in [1.165, 1.54) is 6.42 Å². The molecule has 2 unspecified atom stereocenters. The lowest BCUT2D eigenvalue weighted by molar-refractivity contribution is -0.125. The molecule has 0 saturated carbocycles. The highest BCUT2D eigenvalue weighted by molar-refractivity contribution is 4.79. The van der Waals surface area contributed by atoms with Crippen LogP contribution >= 0.6 is 0 Å². The number of piperidine rings is 1. The Hall–Kier alpha value is -0.290. The molecule has 0 aliphatic carbocycles. The summed E-state index contributed by atoms with van der Waals surface area (Å²) in [6, 6.07) is 0.675. The molecule has 1 rings (SSSR count). The summed E-state index contributed by atoms with van der Waals surface area (Å²) in [5, 5.41) is 2.48. The Morgan fingerprint density at radius 2 is 2.06 bits per heavy atom. The molecule has 0 aromatic rings. The molecule has 1 aliphatic rings. The van der Waals surface area contributed by atoms with Crippen LogP contribution in [-0.2, 0) is 0 Å². The van der Waals surface area contributed by atoms with Crippen LogP contribution in [0.4, 0.5) is 13.2 Å². The second-order valence-corrected chi connectivity index (χ2v) is 4.68. The predicted octanol–water partition coefficient (Wildman–Crippen LogP) is 2.40. The van der Waals surface area contributed by atoms with Crippen LogP contribution in [0.2, 0.25) is 0 Å². The van der Waals surface area contributed by atoms with Crippen molar-refractivity contribution in [3.8, 4) is 0 Å². The number of hydrogen-bond donors (Lipinski definition) is 1. The Kier molecular flexibility index (Phi) is 5.05. The van der Waals surface area contributed by atoms with Crippen LogP contribution in [-0.4, -0.2) is 42.8 Å². The Balaban J connectivity index is 2.25. The van der Waals surface area contributed by atoms with E-state index in [2.05, 4.69) is 17.1 Å². The van der Waals surface area contributed by atoms with E-state index in [1.807, 2.05) is 6.92 Å². The van der Waals surface area contributed by atoms with Crippen LogP contribution in [0.1, 0.15) is 33.1 Å². The third-order valence-electron chi connectivity index (χ3n) is 3.19. The van der Waals surface area contributed by atoms with E-state index in [0.717, 1.165) is 19.4 Å². The van der Waals surface area contributed by atoms with Gasteiger partial charge in [-0.15, -0.1) is 0 Å². The molecule has 0 aromatic carbocycles. The number of nitrogens with one attached hydrogen (secondary N) is 1. The zero-order valence-corrected chi connectivity index (χ0v) is 9.98. The van der Waals surface area contributed by atoms with Crippen molar-refractivity contribution in [2.45, 2.75) is 51.4 Å². The van der Waals surface area contributed by atoms with Crippen LogP contribution in [0.3, 0.4) is 0 Å². The summed E-state index contributed by atoms with van der Waals surface area (Å²) in [5.74, 6) is 0. The second kappa shape index (κ2) is 5.87. The first-order valence-electron chi connectivity index (χ1n) is 5.93. The fourth-order valence-electron chi connectivity index (χ4n) is 2.32. The third kappa shape index (κ3) is 4.70. The number of halogens is 3. The van der Waals surface area contributed by atoms with Gasteiger partial charge >= 0.3 is 6.18 Å². The fourth-order valence-corrected chi connectivity index (χ4v) is 2.32. The Bertz CT molecular complexity index is 206. The van der Waals surface area contributed by atoms with E-state index >= 15 is 0 Å². The van der Waals surface area contributed by atoms with E-state index in [4.69, 9.17) is 0 Å². The summed E-state index contributed by atoms with van der Waals surface area (Å²) >= 11 is 0. The highest BCUT2D eigenvalue weighted by atomic mass is 19.4. The summed E-state index contributed by atoms with van der Waals surface area (Å²) in [5.41, 5.74) is 0. The van der Waals surface area contributed by atoms with Gasteiger partial charge in [0, 0.05) is 18.6 Å². The maximum Gasteiger partial charge on any atom is 0.401 e. The molecule has 0 bridgehead atoms. The minimum absolute atomic E-state index is 0.178. The molecule has 2 nitrogen and oxygen atoms in total. The van der Waals surface area contributed by atoms with Gasteiger partial charge in [0.25, 0.3) is 0 Å². The topological polar surface area (TPSA) is 15.3 Å². The van der Waals surface area contributed by atoms with Crippen molar-refractivity contribution >= 4 is 0 Å². The quantitative estimate of drug-likeness (QED) is 0.809. The maximum absolute atomic E-state index is 11.9. The maximum atomic E-state index is 11.9. The summed E-state index contributed by atoms with van der Waals surface area (Å²) in [7, 11) is 0. The lowest BCUT2D eigenvalue weighted by Crippen LogP contribution is -2.48. The predicted molar refractivity (Wildman–Crippen MR) is 58.4 cm³/mol. The fraction of sp³-hybridized carbons (Fsp3) is 1.00. The molecular weight excluding hydrogens is 217 g/mol. The lowest BCUT2D eigenvalue weighted by Gasteiger charge is -2.38. The first-order valence-corrected chi connectivity index (χ1v) is 5.93. The van der Waals surface area contributed by atoms with Crippen molar-refractivity contribution in [1.82, 2.24) is 10.2 Å². The van der Waals surface area contributed by atoms with Gasteiger partial charge in [-0.05, 0) is 33.2 Å². The van der Waals surface area contributed by atoms with Crippen LogP contribution in [0.25, 0.3) is 0 Å². The van der Waals surface area contributed by atoms with Gasteiger partial charge in [0.05, 0.1) is 6.54 Å². The van der Waals surface area contributed by atoms with Crippen molar-refractivity contribution in [3.63, 3.8) is 0 Å². The summed E-state index contributed by atoms with van der Waals surface area (Å²) < 4.78 is 35.8. The molecule has 16 heavy (non-hydrogen) atoms. The Morgan fingerprint density at radius 3 is 2.62 bits per heavy atom. The van der Waals surface area contributed by atoms with Crippen molar-refractivity contribution in [2.75, 3.05) is 19.6 Å². The Labute approximate surface area is 95.2 Å². The van der Waals surface area contributed by atoms with Crippen molar-refractivity contribution < 1.29 is 13.2 Å². The highest BCUT2D eigenvalue weighted by Crippen LogP contribution is 2.19. The van der Waals surface area contributed by atoms with Gasteiger partial charge in [0.1, 0.15) is 0 Å². The molecule has 1 N–H and O–H groups in total. The zero-order valence-electron chi connectivity index (χ0n) is 9.98. The van der Waals surface area contributed by atoms with Gasteiger partial charge in [0.2, 0.25) is 0 Å². The third-order valence-corrected chi connectivity index (χ3v) is 3.19. The molecule has 5 heteroatoms. The van der Waals surface area contributed by atoms with Crippen molar-refractivity contribution in [1.29, 1.82) is 0 Å². The highest BCUT2D eigenvalue weighted by Gasteiger charge is 2.28. The molecule has 0 spiro atoms. The van der Waals surface area contributed by atoms with Crippen LogP contribution in [0.15, 0.2) is 0 Å². The van der Waals surface area contributed by atoms with Crippen LogP contribution < -0.4 is 5.32 Å². The minimum atomic E-state index is -4.10. The average molecular weight is 238 g/mol. The lowest BCUT2D eigenvalue weighted by atomic mass is 10.0. The largest absolute Gasteiger partial charge is 0.401 e.